The minimum Gasteiger partial charge on any atom is -0.406 e. The van der Waals surface area contributed by atoms with E-state index in [9.17, 15) is 22.4 Å². The molecule has 0 radical (unpaired) electrons. The van der Waals surface area contributed by atoms with Crippen LogP contribution in [0.3, 0.4) is 0 Å². The van der Waals surface area contributed by atoms with Crippen LogP contribution in [0.2, 0.25) is 5.02 Å². The number of pyridine rings is 1. The first kappa shape index (κ1) is 26.7. The maximum Gasteiger partial charge on any atom is 0.573 e. The lowest BCUT2D eigenvalue weighted by atomic mass is 10.0. The van der Waals surface area contributed by atoms with Crippen LogP contribution in [0.4, 0.5) is 22.4 Å². The average molecular weight is 559 g/mol. The lowest BCUT2D eigenvalue weighted by Gasteiger charge is -2.27. The van der Waals surface area contributed by atoms with Crippen molar-refractivity contribution in [3.63, 3.8) is 0 Å². The molecule has 2 aromatic carbocycles. The van der Waals surface area contributed by atoms with Gasteiger partial charge in [0, 0.05) is 54.9 Å². The quantitative estimate of drug-likeness (QED) is 0.215. The monoisotopic (exact) mass is 558 g/mol. The fourth-order valence-electron chi connectivity index (χ4n) is 4.70. The second-order valence-electron chi connectivity index (χ2n) is 9.07. The second kappa shape index (κ2) is 11.1. The molecular formula is C28H23ClF4N4O2. The molecule has 1 amide bonds. The molecule has 39 heavy (non-hydrogen) atoms. The van der Waals surface area contributed by atoms with Gasteiger partial charge in [-0.1, -0.05) is 35.9 Å². The van der Waals surface area contributed by atoms with Crippen molar-refractivity contribution in [2.45, 2.75) is 25.9 Å². The molecule has 4 aromatic rings. The normalized spacial score (nSPS) is 14.1. The lowest BCUT2D eigenvalue weighted by Crippen LogP contribution is -2.34. The van der Waals surface area contributed by atoms with Gasteiger partial charge in [-0.05, 0) is 59.2 Å². The third-order valence-corrected chi connectivity index (χ3v) is 6.67. The van der Waals surface area contributed by atoms with E-state index in [1.807, 2.05) is 24.3 Å². The Morgan fingerprint density at radius 3 is 2.67 bits per heavy atom. The molecule has 2 aromatic heterocycles. The number of nitrogens with one attached hydrogen (secondary N) is 1. The van der Waals surface area contributed by atoms with Crippen LogP contribution >= 0.6 is 11.6 Å². The first-order valence-corrected chi connectivity index (χ1v) is 12.5. The Bertz CT molecular complexity index is 1530. The smallest absolute Gasteiger partial charge is 0.406 e. The van der Waals surface area contributed by atoms with Gasteiger partial charge in [0.25, 0.3) is 0 Å². The van der Waals surface area contributed by atoms with E-state index >= 15 is 0 Å². The molecule has 0 unspecified atom stereocenters. The van der Waals surface area contributed by atoms with Crippen molar-refractivity contribution >= 4 is 34.6 Å². The molecule has 0 saturated heterocycles. The third-order valence-electron chi connectivity index (χ3n) is 6.41. The van der Waals surface area contributed by atoms with E-state index < -0.39 is 18.3 Å². The number of benzene rings is 2. The predicted molar refractivity (Wildman–Crippen MR) is 140 cm³/mol. The van der Waals surface area contributed by atoms with Crippen LogP contribution < -0.4 is 10.1 Å². The van der Waals surface area contributed by atoms with Crippen molar-refractivity contribution < 1.29 is 27.1 Å². The maximum atomic E-state index is 13.5. The molecule has 202 valence electrons. The summed E-state index contributed by atoms with van der Waals surface area (Å²) in [6.07, 6.45) is 0.950. The number of nitrogens with zero attached hydrogens (tertiary/aromatic N) is 3. The van der Waals surface area contributed by atoms with Gasteiger partial charge in [-0.15, -0.1) is 13.2 Å². The van der Waals surface area contributed by atoms with Gasteiger partial charge in [0.1, 0.15) is 5.75 Å². The molecule has 0 bridgehead atoms. The number of alkyl halides is 3. The van der Waals surface area contributed by atoms with Crippen LogP contribution in [0.5, 0.6) is 5.75 Å². The summed E-state index contributed by atoms with van der Waals surface area (Å²) >= 11 is 5.94. The Morgan fingerprint density at radius 1 is 1.13 bits per heavy atom. The van der Waals surface area contributed by atoms with Gasteiger partial charge in [-0.3, -0.25) is 9.47 Å². The summed E-state index contributed by atoms with van der Waals surface area (Å²) < 4.78 is 57.9. The zero-order valence-electron chi connectivity index (χ0n) is 20.5. The highest BCUT2D eigenvalue weighted by Crippen LogP contribution is 2.35. The molecule has 0 aliphatic carbocycles. The van der Waals surface area contributed by atoms with E-state index in [-0.39, 0.29) is 12.3 Å². The van der Waals surface area contributed by atoms with Crippen LogP contribution in [-0.2, 0) is 19.5 Å². The Kier molecular flexibility index (Phi) is 7.58. The van der Waals surface area contributed by atoms with Gasteiger partial charge in [0.05, 0.1) is 5.52 Å². The number of hydrogen-bond donors (Lipinski definition) is 1. The molecule has 1 aliphatic rings. The summed E-state index contributed by atoms with van der Waals surface area (Å²) in [6, 6.07) is 13.7. The van der Waals surface area contributed by atoms with E-state index in [0.717, 1.165) is 11.1 Å². The minimum absolute atomic E-state index is 0.0591. The fourth-order valence-corrected chi connectivity index (χ4v) is 4.83. The summed E-state index contributed by atoms with van der Waals surface area (Å²) in [6.45, 7) is 1.74. The molecule has 0 saturated carbocycles. The zero-order valence-corrected chi connectivity index (χ0v) is 21.3. The summed E-state index contributed by atoms with van der Waals surface area (Å²) in [4.78, 5) is 18.9. The van der Waals surface area contributed by atoms with E-state index in [2.05, 4.69) is 19.9 Å². The number of halogens is 5. The van der Waals surface area contributed by atoms with Crippen molar-refractivity contribution in [1.82, 2.24) is 19.8 Å². The number of ether oxygens (including phenoxy) is 1. The summed E-state index contributed by atoms with van der Waals surface area (Å²) in [5, 5.41) is 3.93. The van der Waals surface area contributed by atoms with Gasteiger partial charge in [0.2, 0.25) is 5.95 Å². The Labute approximate surface area is 226 Å². The summed E-state index contributed by atoms with van der Waals surface area (Å²) in [5.41, 5.74) is 3.46. The van der Waals surface area contributed by atoms with Crippen molar-refractivity contribution in [3.05, 3.63) is 100 Å². The van der Waals surface area contributed by atoms with Crippen LogP contribution in [-0.4, -0.2) is 39.9 Å². The van der Waals surface area contributed by atoms with Crippen molar-refractivity contribution in [3.8, 4) is 5.75 Å². The van der Waals surface area contributed by atoms with Crippen LogP contribution in [0.15, 0.2) is 66.9 Å². The zero-order chi connectivity index (χ0) is 27.6. The van der Waals surface area contributed by atoms with Crippen LogP contribution in [0, 0.1) is 5.95 Å². The average Bonchev–Trinajstić information content (AvgIpc) is 3.21. The number of aromatic nitrogens is 2. The maximum absolute atomic E-state index is 13.5. The van der Waals surface area contributed by atoms with Crippen LogP contribution in [0.25, 0.3) is 17.0 Å². The highest BCUT2D eigenvalue weighted by Gasteiger charge is 2.32. The van der Waals surface area contributed by atoms with E-state index in [0.29, 0.717) is 53.2 Å². The van der Waals surface area contributed by atoms with E-state index in [1.165, 1.54) is 35.0 Å². The molecule has 0 fully saturated rings. The van der Waals surface area contributed by atoms with Crippen molar-refractivity contribution in [2.24, 2.45) is 0 Å². The molecule has 0 atom stereocenters. The fraction of sp³-hybridized carbons (Fsp3) is 0.214. The Balaban J connectivity index is 1.42. The first-order valence-electron chi connectivity index (χ1n) is 12.1. The number of amides is 1. The van der Waals surface area contributed by atoms with Gasteiger partial charge < -0.3 is 10.1 Å². The Morgan fingerprint density at radius 2 is 1.92 bits per heavy atom. The molecule has 11 heteroatoms. The standard InChI is InChI=1S/C28H23ClF4N4O2/c29-20-5-3-18(4-6-20)2-1-12-36-13-10-25-23(17-36)22-15-21(39-28(31,32)33)7-8-24(22)37(25)27(38)35-16-19-9-11-34-26(30)14-19/h1-9,11,14-15H,10,12-13,16-17H2,(H,35,38). The molecule has 1 N–H and O–H groups in total. The molecule has 5 rings (SSSR count). The largest absolute Gasteiger partial charge is 0.573 e. The highest BCUT2D eigenvalue weighted by molar-refractivity contribution is 6.30. The predicted octanol–water partition coefficient (Wildman–Crippen LogP) is 6.56. The summed E-state index contributed by atoms with van der Waals surface area (Å²) in [7, 11) is 0. The van der Waals surface area contributed by atoms with Gasteiger partial charge >= 0.3 is 12.4 Å². The number of carbonyl (C=O) groups is 1. The SMILES string of the molecule is O=C(NCc1ccnc(F)c1)n1c2c(c3cc(OC(F)(F)F)ccc31)CN(CC=Cc1ccc(Cl)cc1)CC2. The highest BCUT2D eigenvalue weighted by atomic mass is 35.5. The van der Waals surface area contributed by atoms with Crippen molar-refractivity contribution in [1.29, 1.82) is 0 Å². The van der Waals surface area contributed by atoms with Crippen molar-refractivity contribution in [2.75, 3.05) is 13.1 Å². The topological polar surface area (TPSA) is 59.4 Å². The van der Waals surface area contributed by atoms with E-state index in [1.54, 1.807) is 18.2 Å². The second-order valence-corrected chi connectivity index (χ2v) is 9.51. The summed E-state index contributed by atoms with van der Waals surface area (Å²) in [5.74, 6) is -1.02. The van der Waals surface area contributed by atoms with E-state index in [4.69, 9.17) is 11.6 Å². The molecular weight excluding hydrogens is 536 g/mol. The number of carbonyl (C=O) groups excluding carboxylic acids is 1. The molecule has 3 heterocycles. The van der Waals surface area contributed by atoms with Crippen LogP contribution in [0.1, 0.15) is 22.4 Å². The van der Waals surface area contributed by atoms with Gasteiger partial charge in [-0.2, -0.15) is 4.39 Å². The number of hydrogen-bond acceptors (Lipinski definition) is 4. The molecule has 0 spiro atoms. The Hall–Kier alpha value is -3.89. The first-order chi connectivity index (χ1) is 18.7. The minimum atomic E-state index is -4.84. The number of rotatable bonds is 6. The molecule has 1 aliphatic heterocycles. The lowest BCUT2D eigenvalue weighted by molar-refractivity contribution is -0.274. The van der Waals surface area contributed by atoms with Gasteiger partial charge in [-0.25, -0.2) is 9.78 Å². The number of fused-ring (bicyclic) bond motifs is 3. The molecule has 6 nitrogen and oxygen atoms in total. The van der Waals surface area contributed by atoms with Gasteiger partial charge in [0.15, 0.2) is 0 Å². The third kappa shape index (κ3) is 6.40.